The molecule has 0 spiro atoms. The van der Waals surface area contributed by atoms with Gasteiger partial charge in [0.25, 0.3) is 5.91 Å². The maximum Gasteiger partial charge on any atom is 0.324 e. The molecule has 1 N–H and O–H groups in total. The van der Waals surface area contributed by atoms with Crippen LogP contribution in [0.4, 0.5) is 21.9 Å². The van der Waals surface area contributed by atoms with Gasteiger partial charge in [0.2, 0.25) is 0 Å². The fourth-order valence-electron chi connectivity index (χ4n) is 4.47. The van der Waals surface area contributed by atoms with E-state index in [0.717, 1.165) is 12.8 Å². The number of amides is 1. The van der Waals surface area contributed by atoms with Crippen molar-refractivity contribution in [3.05, 3.63) is 53.0 Å². The van der Waals surface area contributed by atoms with Gasteiger partial charge in [-0.2, -0.15) is 4.98 Å². The van der Waals surface area contributed by atoms with E-state index in [1.165, 1.54) is 17.4 Å². The van der Waals surface area contributed by atoms with Gasteiger partial charge >= 0.3 is 6.01 Å². The highest BCUT2D eigenvalue weighted by molar-refractivity contribution is 6.33. The summed E-state index contributed by atoms with van der Waals surface area (Å²) >= 11 is 6.43. The number of hydrogen-bond acceptors (Lipinski definition) is 8. The molecule has 5 rings (SSSR count). The third kappa shape index (κ3) is 4.83. The van der Waals surface area contributed by atoms with E-state index in [9.17, 15) is 4.79 Å². The zero-order chi connectivity index (χ0) is 26.3. The Hall–Kier alpha value is -3.73. The van der Waals surface area contributed by atoms with Gasteiger partial charge in [-0.05, 0) is 31.0 Å². The molecule has 0 radical (unpaired) electrons. The maximum absolute atomic E-state index is 15.2. The Morgan fingerprint density at radius 3 is 2.65 bits per heavy atom. The molecule has 1 aliphatic rings. The largest absolute Gasteiger partial charge is 0.345 e. The molecule has 194 valence electrons. The zero-order valence-electron chi connectivity index (χ0n) is 21.1. The van der Waals surface area contributed by atoms with E-state index < -0.39 is 5.82 Å². The molecule has 1 aliphatic heterocycles. The van der Waals surface area contributed by atoms with Gasteiger partial charge in [0, 0.05) is 50.9 Å². The summed E-state index contributed by atoms with van der Waals surface area (Å²) in [5, 5.41) is 7.77. The lowest BCUT2D eigenvalue weighted by Gasteiger charge is -2.31. The Morgan fingerprint density at radius 1 is 1.24 bits per heavy atom. The molecule has 1 saturated heterocycles. The fourth-order valence-corrected chi connectivity index (χ4v) is 4.70. The normalized spacial score (nSPS) is 14.5. The number of piperidine rings is 1. The molecule has 0 bridgehead atoms. The van der Waals surface area contributed by atoms with Crippen LogP contribution in [-0.4, -0.2) is 62.7 Å². The van der Waals surface area contributed by atoms with Crippen molar-refractivity contribution in [1.29, 1.82) is 0 Å². The highest BCUT2D eigenvalue weighted by Crippen LogP contribution is 2.34. The van der Waals surface area contributed by atoms with Gasteiger partial charge in [-0.1, -0.05) is 30.6 Å². The number of carbonyl (C=O) groups excluding carboxylic acids is 1. The predicted molar refractivity (Wildman–Crippen MR) is 139 cm³/mol. The molecule has 37 heavy (non-hydrogen) atoms. The smallest absolute Gasteiger partial charge is 0.324 e. The molecule has 10 nitrogen and oxygen atoms in total. The molecule has 4 heterocycles. The van der Waals surface area contributed by atoms with Crippen LogP contribution in [0.5, 0.6) is 0 Å². The molecular weight excluding hydrogens is 499 g/mol. The Kier molecular flexibility index (Phi) is 6.72. The predicted octanol–water partition coefficient (Wildman–Crippen LogP) is 5.02. The van der Waals surface area contributed by atoms with E-state index in [2.05, 4.69) is 30.3 Å². The van der Waals surface area contributed by atoms with Crippen molar-refractivity contribution in [3.8, 4) is 0 Å². The number of benzene rings is 1. The number of fused-ring (bicyclic) bond motifs is 1. The van der Waals surface area contributed by atoms with E-state index >= 15 is 4.39 Å². The van der Waals surface area contributed by atoms with Crippen LogP contribution in [0.1, 0.15) is 54.8 Å². The van der Waals surface area contributed by atoms with Crippen molar-refractivity contribution in [2.75, 3.05) is 37.4 Å². The van der Waals surface area contributed by atoms with Crippen molar-refractivity contribution in [1.82, 2.24) is 29.6 Å². The zero-order valence-corrected chi connectivity index (χ0v) is 21.8. The maximum atomic E-state index is 15.2. The molecule has 1 amide bonds. The highest BCUT2D eigenvalue weighted by atomic mass is 35.5. The van der Waals surface area contributed by atoms with Gasteiger partial charge in [-0.25, -0.2) is 14.4 Å². The van der Waals surface area contributed by atoms with E-state index in [1.54, 1.807) is 32.3 Å². The molecule has 4 aromatic rings. The van der Waals surface area contributed by atoms with Gasteiger partial charge in [-0.3, -0.25) is 4.79 Å². The number of anilines is 3. The second kappa shape index (κ2) is 9.97. The van der Waals surface area contributed by atoms with E-state index in [4.69, 9.17) is 16.1 Å². The summed E-state index contributed by atoms with van der Waals surface area (Å²) in [4.78, 5) is 28.9. The molecule has 3 aromatic heterocycles. The minimum atomic E-state index is -0.422. The van der Waals surface area contributed by atoms with E-state index in [1.807, 2.05) is 18.4 Å². The number of halogens is 2. The number of nitrogens with zero attached hydrogens (tertiary/aromatic N) is 7. The molecule has 1 aromatic carbocycles. The van der Waals surface area contributed by atoms with Gasteiger partial charge in [0.05, 0.1) is 16.1 Å². The first-order chi connectivity index (χ1) is 17.7. The number of rotatable bonds is 6. The first-order valence-corrected chi connectivity index (χ1v) is 12.5. The minimum absolute atomic E-state index is 0.0541. The molecule has 1 fully saturated rings. The second-order valence-corrected chi connectivity index (χ2v) is 10.0. The molecule has 12 heteroatoms. The number of carbonyl (C=O) groups is 1. The van der Waals surface area contributed by atoms with Crippen LogP contribution >= 0.6 is 11.6 Å². The first-order valence-electron chi connectivity index (χ1n) is 12.1. The number of aromatic nitrogens is 5. The van der Waals surface area contributed by atoms with Crippen LogP contribution in [0.15, 0.2) is 35.2 Å². The van der Waals surface area contributed by atoms with Crippen LogP contribution in [0.3, 0.4) is 0 Å². The summed E-state index contributed by atoms with van der Waals surface area (Å²) in [5.41, 5.74) is 1.47. The molecule has 0 atom stereocenters. The summed E-state index contributed by atoms with van der Waals surface area (Å²) < 4.78 is 22.5. The van der Waals surface area contributed by atoms with Crippen LogP contribution in [-0.2, 0) is 0 Å². The summed E-state index contributed by atoms with van der Waals surface area (Å²) in [6.07, 6.45) is 4.42. The van der Waals surface area contributed by atoms with Crippen molar-refractivity contribution in [2.45, 2.75) is 38.6 Å². The van der Waals surface area contributed by atoms with E-state index in [0.29, 0.717) is 52.7 Å². The van der Waals surface area contributed by atoms with Gasteiger partial charge < -0.3 is 24.2 Å². The summed E-state index contributed by atoms with van der Waals surface area (Å²) in [6.45, 7) is 5.45. The van der Waals surface area contributed by atoms with Gasteiger partial charge in [0.15, 0.2) is 11.6 Å². The summed E-state index contributed by atoms with van der Waals surface area (Å²) in [6, 6.07) is 5.50. The second-order valence-electron chi connectivity index (χ2n) is 9.63. The lowest BCUT2D eigenvalue weighted by atomic mass is 10.1. The topological polar surface area (TPSA) is 105 Å². The van der Waals surface area contributed by atoms with Crippen molar-refractivity contribution in [2.24, 2.45) is 0 Å². The Bertz CT molecular complexity index is 1440. The van der Waals surface area contributed by atoms with E-state index in [-0.39, 0.29) is 23.3 Å². The quantitative estimate of drug-likeness (QED) is 0.373. The third-order valence-electron chi connectivity index (χ3n) is 6.51. The fraction of sp³-hybridized carbons (Fsp3) is 0.400. The number of nitrogens with one attached hydrogen (secondary N) is 1. The number of hydrogen-bond donors (Lipinski definition) is 1. The van der Waals surface area contributed by atoms with Crippen LogP contribution in [0.2, 0.25) is 5.02 Å². The van der Waals surface area contributed by atoms with Crippen LogP contribution in [0, 0.1) is 5.82 Å². The molecule has 0 unspecified atom stereocenters. The highest BCUT2D eigenvalue weighted by Gasteiger charge is 2.27. The van der Waals surface area contributed by atoms with Crippen molar-refractivity contribution >= 4 is 46.1 Å². The molecular formula is C25H28ClFN8O2. The average Bonchev–Trinajstić information content (AvgIpc) is 3.51. The van der Waals surface area contributed by atoms with Crippen molar-refractivity contribution < 1.29 is 13.7 Å². The first kappa shape index (κ1) is 24.9. The standard InChI is InChI=1S/C25H28ClFN8O2/c1-14(2)21-31-25(37-32-21)34-9-7-16(8-10-34)35-12-18(27)20-22(28-13-29-23(20)35)30-19-6-5-15(11-17(19)26)24(36)33(3)4/h5-6,11-14,16H,7-10H2,1-4H3,(H,28,29,30). The Labute approximate surface area is 218 Å². The summed E-state index contributed by atoms with van der Waals surface area (Å²) in [5.74, 6) is 0.604. The van der Waals surface area contributed by atoms with Gasteiger partial charge in [-0.15, -0.1) is 0 Å². The third-order valence-corrected chi connectivity index (χ3v) is 6.83. The van der Waals surface area contributed by atoms with Crippen LogP contribution < -0.4 is 10.2 Å². The monoisotopic (exact) mass is 526 g/mol. The molecule has 0 saturated carbocycles. The van der Waals surface area contributed by atoms with Crippen molar-refractivity contribution in [3.63, 3.8) is 0 Å². The summed E-state index contributed by atoms with van der Waals surface area (Å²) in [7, 11) is 3.34. The van der Waals surface area contributed by atoms with Gasteiger partial charge in [0.1, 0.15) is 17.8 Å². The lowest BCUT2D eigenvalue weighted by molar-refractivity contribution is 0.0827. The lowest BCUT2D eigenvalue weighted by Crippen LogP contribution is -2.34. The SMILES string of the molecule is CC(C)c1noc(N2CCC(n3cc(F)c4c(Nc5ccc(C(=O)N(C)C)cc5Cl)ncnc43)CC2)n1. The average molecular weight is 527 g/mol. The Balaban J connectivity index is 1.36. The molecule has 0 aliphatic carbocycles. The van der Waals surface area contributed by atoms with Crippen LogP contribution in [0.25, 0.3) is 11.0 Å². The minimum Gasteiger partial charge on any atom is -0.345 e. The Morgan fingerprint density at radius 2 is 2.00 bits per heavy atom.